The first-order chi connectivity index (χ1) is 26.8. The van der Waals surface area contributed by atoms with Gasteiger partial charge in [-0.15, -0.1) is 0 Å². The quantitative estimate of drug-likeness (QED) is 0.166. The molecule has 0 fully saturated rings. The van der Waals surface area contributed by atoms with Gasteiger partial charge in [0.05, 0.1) is 16.8 Å². The molecule has 0 bridgehead atoms. The fourth-order valence-corrected chi connectivity index (χ4v) is 8.05. The van der Waals surface area contributed by atoms with E-state index in [1.807, 2.05) is 6.07 Å². The van der Waals surface area contributed by atoms with Crippen LogP contribution in [-0.4, -0.2) is 0 Å². The normalized spacial score (nSPS) is 11.3. The van der Waals surface area contributed by atoms with Crippen LogP contribution in [0.15, 0.2) is 217 Å². The Morgan fingerprint density at radius 3 is 1.59 bits per heavy atom. The fourth-order valence-electron chi connectivity index (χ4n) is 8.05. The minimum atomic E-state index is 0.862. The molecule has 54 heavy (non-hydrogen) atoms. The van der Waals surface area contributed by atoms with Crippen LogP contribution >= 0.6 is 0 Å². The number of fused-ring (bicyclic) bond motifs is 4. The molecule has 0 aliphatic carbocycles. The van der Waals surface area contributed by atoms with Gasteiger partial charge in [-0.05, 0) is 86.1 Å². The van der Waals surface area contributed by atoms with Gasteiger partial charge in [-0.3, -0.25) is 0 Å². The average molecular weight is 690 g/mol. The molecule has 10 rings (SSSR count). The summed E-state index contributed by atoms with van der Waals surface area (Å²) >= 11 is 0. The summed E-state index contributed by atoms with van der Waals surface area (Å²) in [5.74, 6) is 0. The first-order valence-corrected chi connectivity index (χ1v) is 18.4. The highest BCUT2D eigenvalue weighted by atomic mass is 16.3. The Morgan fingerprint density at radius 1 is 0.296 bits per heavy atom. The van der Waals surface area contributed by atoms with Crippen molar-refractivity contribution >= 4 is 49.8 Å². The van der Waals surface area contributed by atoms with Crippen molar-refractivity contribution < 1.29 is 4.42 Å². The third-order valence-electron chi connectivity index (χ3n) is 10.5. The fraction of sp³-hybridized carbons (Fsp3) is 0. The lowest BCUT2D eigenvalue weighted by atomic mass is 9.88. The third kappa shape index (κ3) is 5.44. The number of furan rings is 1. The monoisotopic (exact) mass is 689 g/mol. The molecule has 9 aromatic carbocycles. The van der Waals surface area contributed by atoms with Crippen LogP contribution in [0.1, 0.15) is 0 Å². The van der Waals surface area contributed by atoms with E-state index in [0.717, 1.165) is 50.1 Å². The van der Waals surface area contributed by atoms with E-state index in [0.29, 0.717) is 0 Å². The Morgan fingerprint density at radius 2 is 0.796 bits per heavy atom. The van der Waals surface area contributed by atoms with Crippen molar-refractivity contribution in [1.29, 1.82) is 0 Å². The molecule has 0 saturated carbocycles. The smallest absolute Gasteiger partial charge is 0.137 e. The van der Waals surface area contributed by atoms with E-state index >= 15 is 0 Å². The lowest BCUT2D eigenvalue weighted by molar-refractivity contribution is 0.669. The van der Waals surface area contributed by atoms with Gasteiger partial charge in [0.1, 0.15) is 11.2 Å². The topological polar surface area (TPSA) is 16.4 Å². The molecule has 0 aliphatic rings. The van der Waals surface area contributed by atoms with Crippen molar-refractivity contribution in [3.05, 3.63) is 212 Å². The van der Waals surface area contributed by atoms with Crippen molar-refractivity contribution in [1.82, 2.24) is 0 Å². The molecule has 0 atom stereocenters. The second-order valence-electron chi connectivity index (χ2n) is 13.6. The highest BCUT2D eigenvalue weighted by Gasteiger charge is 2.23. The maximum absolute atomic E-state index is 6.45. The van der Waals surface area contributed by atoms with Gasteiger partial charge in [0.15, 0.2) is 0 Å². The van der Waals surface area contributed by atoms with Gasteiger partial charge < -0.3 is 9.32 Å². The van der Waals surface area contributed by atoms with Crippen molar-refractivity contribution in [2.24, 2.45) is 0 Å². The molecule has 254 valence electrons. The van der Waals surface area contributed by atoms with Crippen LogP contribution in [0.25, 0.3) is 77.2 Å². The molecule has 0 saturated heterocycles. The molecule has 1 heterocycles. The first kappa shape index (κ1) is 31.6. The van der Waals surface area contributed by atoms with Crippen molar-refractivity contribution in [3.63, 3.8) is 0 Å². The standard InChI is InChI=1S/C52H35NO/c1-2-16-36(17-3-1)42-21-6-7-22-43(42)44-23-8-9-24-45(44)46-25-10-12-28-48(46)53(49-29-15-31-51-52(49)47-26-11-13-30-50(47)54-51)39-34-32-38(33-35-39)41-27-14-19-37-18-4-5-20-40(37)41/h1-35H. The molecule has 0 spiro atoms. The predicted molar refractivity (Wildman–Crippen MR) is 228 cm³/mol. The zero-order valence-electron chi connectivity index (χ0n) is 29.6. The summed E-state index contributed by atoms with van der Waals surface area (Å²) in [6.45, 7) is 0. The summed E-state index contributed by atoms with van der Waals surface area (Å²) in [6, 6.07) is 75.9. The summed E-state index contributed by atoms with van der Waals surface area (Å²) in [4.78, 5) is 2.41. The molecular weight excluding hydrogens is 655 g/mol. The highest BCUT2D eigenvalue weighted by molar-refractivity contribution is 6.14. The van der Waals surface area contributed by atoms with Crippen LogP contribution in [0.2, 0.25) is 0 Å². The lowest BCUT2D eigenvalue weighted by Crippen LogP contribution is -2.11. The van der Waals surface area contributed by atoms with Gasteiger partial charge in [-0.1, -0.05) is 176 Å². The number of hydrogen-bond donors (Lipinski definition) is 0. The summed E-state index contributed by atoms with van der Waals surface area (Å²) in [5.41, 5.74) is 14.4. The maximum atomic E-state index is 6.45. The van der Waals surface area contributed by atoms with Crippen molar-refractivity contribution in [3.8, 4) is 44.5 Å². The minimum Gasteiger partial charge on any atom is -0.456 e. The average Bonchev–Trinajstić information content (AvgIpc) is 3.64. The second kappa shape index (κ2) is 13.4. The van der Waals surface area contributed by atoms with Crippen LogP contribution in [0.5, 0.6) is 0 Å². The Labute approximate surface area is 314 Å². The lowest BCUT2D eigenvalue weighted by Gasteiger charge is -2.29. The van der Waals surface area contributed by atoms with E-state index in [1.165, 1.54) is 44.2 Å². The van der Waals surface area contributed by atoms with Gasteiger partial charge in [0.2, 0.25) is 0 Å². The maximum Gasteiger partial charge on any atom is 0.137 e. The summed E-state index contributed by atoms with van der Waals surface area (Å²) in [6.07, 6.45) is 0. The largest absolute Gasteiger partial charge is 0.456 e. The molecule has 0 amide bonds. The Kier molecular flexibility index (Phi) is 7.85. The highest BCUT2D eigenvalue weighted by Crippen LogP contribution is 2.48. The van der Waals surface area contributed by atoms with E-state index in [9.17, 15) is 0 Å². The summed E-state index contributed by atoms with van der Waals surface area (Å²) in [7, 11) is 0. The Hall–Kier alpha value is -7.16. The molecule has 0 unspecified atom stereocenters. The zero-order chi connectivity index (χ0) is 35.8. The van der Waals surface area contributed by atoms with Gasteiger partial charge in [0.25, 0.3) is 0 Å². The minimum absolute atomic E-state index is 0.862. The summed E-state index contributed by atoms with van der Waals surface area (Å²) < 4.78 is 6.45. The molecule has 10 aromatic rings. The first-order valence-electron chi connectivity index (χ1n) is 18.4. The zero-order valence-corrected chi connectivity index (χ0v) is 29.6. The van der Waals surface area contributed by atoms with E-state index < -0.39 is 0 Å². The van der Waals surface area contributed by atoms with Crippen LogP contribution in [0.3, 0.4) is 0 Å². The molecule has 0 aliphatic heterocycles. The Bertz CT molecular complexity index is 2930. The number of nitrogens with zero attached hydrogens (tertiary/aromatic N) is 1. The van der Waals surface area contributed by atoms with Crippen LogP contribution in [0.4, 0.5) is 17.1 Å². The molecular formula is C52H35NO. The predicted octanol–water partition coefficient (Wildman–Crippen LogP) is 14.9. The van der Waals surface area contributed by atoms with E-state index in [1.54, 1.807) is 0 Å². The number of hydrogen-bond acceptors (Lipinski definition) is 2. The molecule has 1 aromatic heterocycles. The molecule has 0 N–H and O–H groups in total. The van der Waals surface area contributed by atoms with E-state index in [2.05, 4.69) is 211 Å². The van der Waals surface area contributed by atoms with Gasteiger partial charge in [0, 0.05) is 16.6 Å². The van der Waals surface area contributed by atoms with Crippen LogP contribution in [0, 0.1) is 0 Å². The van der Waals surface area contributed by atoms with Gasteiger partial charge >= 0.3 is 0 Å². The van der Waals surface area contributed by atoms with Crippen LogP contribution in [-0.2, 0) is 0 Å². The second-order valence-corrected chi connectivity index (χ2v) is 13.6. The van der Waals surface area contributed by atoms with Crippen LogP contribution < -0.4 is 4.90 Å². The Balaban J connectivity index is 1.20. The third-order valence-corrected chi connectivity index (χ3v) is 10.5. The number of anilines is 3. The summed E-state index contributed by atoms with van der Waals surface area (Å²) in [5, 5.41) is 4.66. The van der Waals surface area contributed by atoms with Crippen molar-refractivity contribution in [2.45, 2.75) is 0 Å². The van der Waals surface area contributed by atoms with E-state index in [4.69, 9.17) is 4.42 Å². The number of benzene rings is 9. The molecule has 0 radical (unpaired) electrons. The SMILES string of the molecule is c1ccc(-c2ccccc2-c2ccccc2-c2ccccc2N(c2ccc(-c3cccc4ccccc34)cc2)c2cccc3oc4ccccc4c23)cc1. The van der Waals surface area contributed by atoms with Gasteiger partial charge in [-0.2, -0.15) is 0 Å². The number of rotatable bonds is 7. The molecule has 2 nitrogen and oxygen atoms in total. The van der Waals surface area contributed by atoms with Crippen molar-refractivity contribution in [2.75, 3.05) is 4.90 Å². The van der Waals surface area contributed by atoms with Gasteiger partial charge in [-0.25, -0.2) is 0 Å². The number of para-hydroxylation sites is 2. The van der Waals surface area contributed by atoms with E-state index in [-0.39, 0.29) is 0 Å². The molecule has 2 heteroatoms.